The highest BCUT2D eigenvalue weighted by Gasteiger charge is 2.42. The standard InChI is InChI=1S/C32H44N4/c1-5-6-13-28(2)29(3)36(31-16-11-8-12-17-31)27-32(18-20-33(4)21-19-32)35-24-22-34(23-25-35)26-30-14-9-7-10-15-30/h5-17H,3,18-27H2,1-2,4H3/b6-5-,28-13+. The van der Waals surface area contributed by atoms with E-state index in [9.17, 15) is 0 Å². The molecule has 192 valence electrons. The Kier molecular flexibility index (Phi) is 9.19. The van der Waals surface area contributed by atoms with Gasteiger partial charge in [-0.2, -0.15) is 0 Å². The normalized spacial score (nSPS) is 20.0. The van der Waals surface area contributed by atoms with E-state index in [1.807, 2.05) is 0 Å². The molecule has 4 nitrogen and oxygen atoms in total. The summed E-state index contributed by atoms with van der Waals surface area (Å²) in [4.78, 5) is 10.4. The lowest BCUT2D eigenvalue weighted by Crippen LogP contribution is -2.64. The smallest absolute Gasteiger partial charge is 0.0416 e. The first kappa shape index (κ1) is 26.4. The number of benzene rings is 2. The third kappa shape index (κ3) is 6.56. The second-order valence-electron chi connectivity index (χ2n) is 10.5. The summed E-state index contributed by atoms with van der Waals surface area (Å²) in [6, 6.07) is 21.7. The van der Waals surface area contributed by atoms with Crippen molar-refractivity contribution in [2.24, 2.45) is 0 Å². The van der Waals surface area contributed by atoms with E-state index in [1.54, 1.807) is 0 Å². The van der Waals surface area contributed by atoms with Crippen molar-refractivity contribution in [2.75, 3.05) is 57.8 Å². The van der Waals surface area contributed by atoms with E-state index >= 15 is 0 Å². The van der Waals surface area contributed by atoms with Crippen LogP contribution >= 0.6 is 0 Å². The molecule has 0 aliphatic carbocycles. The zero-order valence-electron chi connectivity index (χ0n) is 22.6. The molecule has 2 aromatic rings. The van der Waals surface area contributed by atoms with E-state index in [1.165, 1.54) is 29.7 Å². The Hall–Kier alpha value is -2.66. The fourth-order valence-corrected chi connectivity index (χ4v) is 5.63. The van der Waals surface area contributed by atoms with Crippen LogP contribution in [0.1, 0.15) is 32.3 Å². The predicted octanol–water partition coefficient (Wildman–Crippen LogP) is 5.81. The largest absolute Gasteiger partial charge is 0.340 e. The maximum atomic E-state index is 4.59. The predicted molar refractivity (Wildman–Crippen MR) is 154 cm³/mol. The molecule has 0 unspecified atom stereocenters. The van der Waals surface area contributed by atoms with Crippen LogP contribution in [0, 0.1) is 0 Å². The number of allylic oxidation sites excluding steroid dienone is 4. The molecule has 0 N–H and O–H groups in total. The van der Waals surface area contributed by atoms with E-state index in [-0.39, 0.29) is 5.54 Å². The van der Waals surface area contributed by atoms with E-state index in [0.29, 0.717) is 0 Å². The maximum absolute atomic E-state index is 4.59. The average Bonchev–Trinajstić information content (AvgIpc) is 2.93. The number of nitrogens with zero attached hydrogens (tertiary/aromatic N) is 4. The summed E-state index contributed by atoms with van der Waals surface area (Å²) in [6.45, 7) is 17.6. The first-order valence-corrected chi connectivity index (χ1v) is 13.5. The lowest BCUT2D eigenvalue weighted by molar-refractivity contribution is -0.00317. The highest BCUT2D eigenvalue weighted by molar-refractivity contribution is 5.56. The number of likely N-dealkylation sites (tertiary alicyclic amines) is 1. The van der Waals surface area contributed by atoms with Crippen molar-refractivity contribution < 1.29 is 0 Å². The van der Waals surface area contributed by atoms with E-state index in [0.717, 1.165) is 58.1 Å². The van der Waals surface area contributed by atoms with Gasteiger partial charge in [-0.15, -0.1) is 0 Å². The molecule has 2 aliphatic heterocycles. The molecule has 2 aliphatic rings. The number of piperidine rings is 1. The molecule has 0 radical (unpaired) electrons. The monoisotopic (exact) mass is 484 g/mol. The minimum atomic E-state index is 0.144. The van der Waals surface area contributed by atoms with E-state index < -0.39 is 0 Å². The van der Waals surface area contributed by atoms with Crippen molar-refractivity contribution in [1.82, 2.24) is 14.7 Å². The molecule has 2 heterocycles. The third-order valence-electron chi connectivity index (χ3n) is 8.05. The van der Waals surface area contributed by atoms with Gasteiger partial charge in [0.25, 0.3) is 0 Å². The Morgan fingerprint density at radius 3 is 2.14 bits per heavy atom. The molecular formula is C32H44N4. The Morgan fingerprint density at radius 1 is 0.917 bits per heavy atom. The molecular weight excluding hydrogens is 440 g/mol. The third-order valence-corrected chi connectivity index (χ3v) is 8.05. The Labute approximate surface area is 219 Å². The first-order valence-electron chi connectivity index (χ1n) is 13.5. The molecule has 4 rings (SSSR count). The van der Waals surface area contributed by atoms with Gasteiger partial charge >= 0.3 is 0 Å². The van der Waals surface area contributed by atoms with Gasteiger partial charge < -0.3 is 9.80 Å². The molecule has 2 aromatic carbocycles. The van der Waals surface area contributed by atoms with Gasteiger partial charge in [0, 0.05) is 56.2 Å². The quantitative estimate of drug-likeness (QED) is 0.416. The van der Waals surface area contributed by atoms with E-state index in [2.05, 4.69) is 126 Å². The van der Waals surface area contributed by atoms with Crippen LogP contribution in [-0.2, 0) is 6.54 Å². The van der Waals surface area contributed by atoms with Crippen molar-refractivity contribution in [3.05, 3.63) is 102 Å². The first-order chi connectivity index (χ1) is 17.5. The number of rotatable bonds is 9. The topological polar surface area (TPSA) is 13.0 Å². The van der Waals surface area contributed by atoms with Gasteiger partial charge in [-0.1, -0.05) is 73.3 Å². The second kappa shape index (κ2) is 12.5. The van der Waals surface area contributed by atoms with Crippen LogP contribution in [0.25, 0.3) is 0 Å². The van der Waals surface area contributed by atoms with Crippen LogP contribution in [0.3, 0.4) is 0 Å². The zero-order chi connectivity index (χ0) is 25.4. The zero-order valence-corrected chi connectivity index (χ0v) is 22.6. The summed E-state index contributed by atoms with van der Waals surface area (Å²) in [7, 11) is 2.26. The van der Waals surface area contributed by atoms with E-state index in [4.69, 9.17) is 0 Å². The van der Waals surface area contributed by atoms with Gasteiger partial charge in [0.1, 0.15) is 0 Å². The number of para-hydroxylation sites is 1. The number of hydrogen-bond acceptors (Lipinski definition) is 4. The Balaban J connectivity index is 1.55. The molecule has 36 heavy (non-hydrogen) atoms. The Morgan fingerprint density at radius 2 is 1.53 bits per heavy atom. The summed E-state index contributed by atoms with van der Waals surface area (Å²) in [6.07, 6.45) is 8.76. The van der Waals surface area contributed by atoms with Crippen molar-refractivity contribution in [3.8, 4) is 0 Å². The number of piperazine rings is 1. The summed E-state index contributed by atoms with van der Waals surface area (Å²) in [5, 5.41) is 0. The van der Waals surface area contributed by atoms with Crippen LogP contribution in [0.15, 0.2) is 96.7 Å². The van der Waals surface area contributed by atoms with Gasteiger partial charge in [-0.25, -0.2) is 0 Å². The summed E-state index contributed by atoms with van der Waals surface area (Å²) < 4.78 is 0. The van der Waals surface area contributed by atoms with Gasteiger partial charge in [0.15, 0.2) is 0 Å². The number of hydrogen-bond donors (Lipinski definition) is 0. The average molecular weight is 485 g/mol. The molecule has 0 atom stereocenters. The lowest BCUT2D eigenvalue weighted by Gasteiger charge is -2.53. The minimum absolute atomic E-state index is 0.144. The lowest BCUT2D eigenvalue weighted by atomic mass is 9.83. The van der Waals surface area contributed by atoms with Crippen molar-refractivity contribution in [3.63, 3.8) is 0 Å². The van der Waals surface area contributed by atoms with Crippen LogP contribution in [0.2, 0.25) is 0 Å². The molecule has 2 fully saturated rings. The van der Waals surface area contributed by atoms with Crippen LogP contribution in [0.4, 0.5) is 5.69 Å². The maximum Gasteiger partial charge on any atom is 0.0416 e. The van der Waals surface area contributed by atoms with Crippen LogP contribution < -0.4 is 4.90 Å². The molecule has 0 bridgehead atoms. The molecule has 0 saturated carbocycles. The minimum Gasteiger partial charge on any atom is -0.340 e. The SMILES string of the molecule is C=C(/C(C)=C/C=C\C)N(CC1(N2CCN(Cc3ccccc3)CC2)CCN(C)CC1)c1ccccc1. The molecule has 2 saturated heterocycles. The molecule has 4 heteroatoms. The van der Waals surface area contributed by atoms with Gasteiger partial charge in [-0.3, -0.25) is 9.80 Å². The van der Waals surface area contributed by atoms with Crippen molar-refractivity contribution in [1.29, 1.82) is 0 Å². The fourth-order valence-electron chi connectivity index (χ4n) is 5.63. The van der Waals surface area contributed by atoms with Crippen LogP contribution in [-0.4, -0.2) is 73.1 Å². The summed E-state index contributed by atoms with van der Waals surface area (Å²) in [5.41, 5.74) is 5.10. The molecule has 0 spiro atoms. The highest BCUT2D eigenvalue weighted by Crippen LogP contribution is 2.35. The Bertz CT molecular complexity index is 1010. The fraction of sp³-hybridized carbons (Fsp3) is 0.438. The summed E-state index contributed by atoms with van der Waals surface area (Å²) in [5.74, 6) is 0. The van der Waals surface area contributed by atoms with Gasteiger partial charge in [-0.05, 0) is 70.1 Å². The molecule has 0 aromatic heterocycles. The highest BCUT2D eigenvalue weighted by atomic mass is 15.3. The van der Waals surface area contributed by atoms with Gasteiger partial charge in [0.05, 0.1) is 0 Å². The summed E-state index contributed by atoms with van der Waals surface area (Å²) >= 11 is 0. The van der Waals surface area contributed by atoms with Gasteiger partial charge in [0.2, 0.25) is 0 Å². The molecule has 0 amide bonds. The number of anilines is 1. The van der Waals surface area contributed by atoms with Crippen molar-refractivity contribution in [2.45, 2.75) is 38.8 Å². The second-order valence-corrected chi connectivity index (χ2v) is 10.5. The van der Waals surface area contributed by atoms with Crippen LogP contribution in [0.5, 0.6) is 0 Å². The van der Waals surface area contributed by atoms with Crippen molar-refractivity contribution >= 4 is 5.69 Å².